The van der Waals surface area contributed by atoms with Gasteiger partial charge in [0.15, 0.2) is 23.9 Å². The molecule has 0 N–H and O–H groups in total. The average Bonchev–Trinajstić information content (AvgIpc) is 2.63. The Hall–Kier alpha value is -3.06. The summed E-state index contributed by atoms with van der Waals surface area (Å²) in [6.07, 6.45) is 3.52. The van der Waals surface area contributed by atoms with Crippen molar-refractivity contribution in [2.45, 2.75) is 26.7 Å². The fraction of sp³-hybridized carbons (Fsp3) is 0.273. The van der Waals surface area contributed by atoms with E-state index in [1.54, 1.807) is 13.2 Å². The van der Waals surface area contributed by atoms with Gasteiger partial charge < -0.3 is 9.47 Å². The van der Waals surface area contributed by atoms with Gasteiger partial charge in [-0.25, -0.2) is 0 Å². The number of carbonyl (C=O) groups excluding carboxylic acids is 1. The Morgan fingerprint density at radius 2 is 1.96 bits per heavy atom. The zero-order valence-electron chi connectivity index (χ0n) is 15.3. The molecule has 0 saturated carbocycles. The van der Waals surface area contributed by atoms with E-state index in [0.717, 1.165) is 40.7 Å². The first kappa shape index (κ1) is 17.8. The molecule has 0 aliphatic heterocycles. The van der Waals surface area contributed by atoms with E-state index in [1.807, 2.05) is 37.3 Å². The number of fused-ring (bicyclic) bond motifs is 1. The number of rotatable bonds is 4. The highest BCUT2D eigenvalue weighted by molar-refractivity contribution is 6.13. The van der Waals surface area contributed by atoms with Gasteiger partial charge in [0.05, 0.1) is 7.11 Å². The van der Waals surface area contributed by atoms with E-state index in [-0.39, 0.29) is 12.4 Å². The molecule has 26 heavy (non-hydrogen) atoms. The molecule has 0 radical (unpaired) electrons. The van der Waals surface area contributed by atoms with Crippen molar-refractivity contribution in [3.05, 3.63) is 63.7 Å². The van der Waals surface area contributed by atoms with Gasteiger partial charge in [-0.3, -0.25) is 4.79 Å². The Bertz CT molecular complexity index is 935. The van der Waals surface area contributed by atoms with Gasteiger partial charge in [0.2, 0.25) is 0 Å². The minimum atomic E-state index is -0.0369. The second kappa shape index (κ2) is 7.45. The standard InChI is InChI=1S/C22H21NO3/c1-14-10-15(2)18-6-5-17(22(24)19(18)11-14)12-16-4-7-20(26-9-8-23)21(13-16)25-3/h4,7,10-13H,5-6,9H2,1-3H3/b17-12+. The van der Waals surface area contributed by atoms with E-state index < -0.39 is 0 Å². The normalized spacial score (nSPS) is 14.7. The van der Waals surface area contributed by atoms with Crippen molar-refractivity contribution in [2.24, 2.45) is 0 Å². The number of allylic oxidation sites excluding steroid dienone is 1. The number of nitrogens with zero attached hydrogens (tertiary/aromatic N) is 1. The van der Waals surface area contributed by atoms with Crippen LogP contribution in [0, 0.1) is 25.2 Å². The maximum absolute atomic E-state index is 12.9. The Labute approximate surface area is 153 Å². The number of ketones is 1. The highest BCUT2D eigenvalue weighted by atomic mass is 16.5. The topological polar surface area (TPSA) is 59.3 Å². The summed E-state index contributed by atoms with van der Waals surface area (Å²) in [5.74, 6) is 1.16. The van der Waals surface area contributed by atoms with Crippen LogP contribution in [0.1, 0.15) is 39.0 Å². The summed E-state index contributed by atoms with van der Waals surface area (Å²) in [7, 11) is 1.55. The summed E-state index contributed by atoms with van der Waals surface area (Å²) in [5, 5.41) is 8.65. The predicted molar refractivity (Wildman–Crippen MR) is 101 cm³/mol. The lowest BCUT2D eigenvalue weighted by molar-refractivity contribution is 0.102. The SMILES string of the molecule is COc1cc(/C=C2\CCc3c(C)cc(C)cc3C2=O)ccc1OCC#N. The van der Waals surface area contributed by atoms with Gasteiger partial charge >= 0.3 is 0 Å². The molecule has 4 nitrogen and oxygen atoms in total. The molecule has 0 bridgehead atoms. The smallest absolute Gasteiger partial charge is 0.189 e. The van der Waals surface area contributed by atoms with Gasteiger partial charge in [-0.2, -0.15) is 5.26 Å². The summed E-state index contributed by atoms with van der Waals surface area (Å²) < 4.78 is 10.7. The van der Waals surface area contributed by atoms with Crippen LogP contribution < -0.4 is 9.47 Å². The first-order valence-electron chi connectivity index (χ1n) is 8.56. The molecular formula is C22H21NO3. The van der Waals surface area contributed by atoms with Crippen LogP contribution in [0.15, 0.2) is 35.9 Å². The van der Waals surface area contributed by atoms with Crippen LogP contribution in [-0.2, 0) is 6.42 Å². The quantitative estimate of drug-likeness (QED) is 0.768. The third-order valence-corrected chi connectivity index (χ3v) is 4.62. The fourth-order valence-corrected chi connectivity index (χ4v) is 3.42. The van der Waals surface area contributed by atoms with Gasteiger partial charge in [-0.15, -0.1) is 0 Å². The molecule has 2 aromatic carbocycles. The first-order chi connectivity index (χ1) is 12.5. The number of methoxy groups -OCH3 is 1. The van der Waals surface area contributed by atoms with E-state index in [9.17, 15) is 4.79 Å². The number of ether oxygens (including phenoxy) is 2. The molecular weight excluding hydrogens is 326 g/mol. The Morgan fingerprint density at radius 3 is 2.69 bits per heavy atom. The maximum atomic E-state index is 12.9. The largest absolute Gasteiger partial charge is 0.493 e. The van der Waals surface area contributed by atoms with Crippen molar-refractivity contribution in [3.8, 4) is 17.6 Å². The van der Waals surface area contributed by atoms with Crippen LogP contribution in [0.3, 0.4) is 0 Å². The average molecular weight is 347 g/mol. The zero-order chi connectivity index (χ0) is 18.7. The number of carbonyl (C=O) groups is 1. The predicted octanol–water partition coefficient (Wildman–Crippen LogP) is 4.43. The number of Topliss-reactive ketones (excluding diaryl/α,β-unsaturated/α-hetero) is 1. The van der Waals surface area contributed by atoms with Crippen molar-refractivity contribution in [1.29, 1.82) is 5.26 Å². The molecule has 0 atom stereocenters. The molecule has 0 heterocycles. The third-order valence-electron chi connectivity index (χ3n) is 4.62. The fourth-order valence-electron chi connectivity index (χ4n) is 3.42. The molecule has 1 aliphatic rings. The second-order valence-electron chi connectivity index (χ2n) is 6.46. The summed E-state index contributed by atoms with van der Waals surface area (Å²) >= 11 is 0. The summed E-state index contributed by atoms with van der Waals surface area (Å²) in [4.78, 5) is 12.9. The van der Waals surface area contributed by atoms with Crippen LogP contribution in [0.2, 0.25) is 0 Å². The minimum Gasteiger partial charge on any atom is -0.493 e. The van der Waals surface area contributed by atoms with Crippen molar-refractivity contribution < 1.29 is 14.3 Å². The van der Waals surface area contributed by atoms with Crippen LogP contribution >= 0.6 is 0 Å². The minimum absolute atomic E-state index is 0.0369. The number of hydrogen-bond donors (Lipinski definition) is 0. The lowest BCUT2D eigenvalue weighted by Crippen LogP contribution is -2.15. The van der Waals surface area contributed by atoms with Gasteiger partial charge in [0, 0.05) is 11.1 Å². The lowest BCUT2D eigenvalue weighted by atomic mass is 9.83. The molecule has 0 amide bonds. The van der Waals surface area contributed by atoms with E-state index in [1.165, 1.54) is 5.56 Å². The highest BCUT2D eigenvalue weighted by Gasteiger charge is 2.23. The summed E-state index contributed by atoms with van der Waals surface area (Å²) in [5.41, 5.74) is 5.96. The van der Waals surface area contributed by atoms with Gasteiger partial charge in [-0.05, 0) is 67.7 Å². The molecule has 1 aliphatic carbocycles. The van der Waals surface area contributed by atoms with Gasteiger partial charge in [0.1, 0.15) is 6.07 Å². The van der Waals surface area contributed by atoms with Crippen molar-refractivity contribution in [1.82, 2.24) is 0 Å². The number of aryl methyl sites for hydroxylation is 2. The van der Waals surface area contributed by atoms with Crippen molar-refractivity contribution in [2.75, 3.05) is 13.7 Å². The van der Waals surface area contributed by atoms with Crippen LogP contribution in [0.4, 0.5) is 0 Å². The molecule has 0 saturated heterocycles. The van der Waals surface area contributed by atoms with E-state index in [0.29, 0.717) is 11.5 Å². The highest BCUT2D eigenvalue weighted by Crippen LogP contribution is 2.32. The molecule has 2 aromatic rings. The van der Waals surface area contributed by atoms with E-state index in [2.05, 4.69) is 13.0 Å². The van der Waals surface area contributed by atoms with Gasteiger partial charge in [-0.1, -0.05) is 17.7 Å². The lowest BCUT2D eigenvalue weighted by Gasteiger charge is -2.20. The molecule has 132 valence electrons. The number of nitriles is 1. The molecule has 3 rings (SSSR count). The maximum Gasteiger partial charge on any atom is 0.189 e. The third kappa shape index (κ3) is 3.48. The van der Waals surface area contributed by atoms with Crippen molar-refractivity contribution in [3.63, 3.8) is 0 Å². The Balaban J connectivity index is 1.93. The van der Waals surface area contributed by atoms with Crippen molar-refractivity contribution >= 4 is 11.9 Å². The number of benzene rings is 2. The molecule has 0 fully saturated rings. The van der Waals surface area contributed by atoms with Crippen LogP contribution in [0.25, 0.3) is 6.08 Å². The van der Waals surface area contributed by atoms with E-state index >= 15 is 0 Å². The number of hydrogen-bond acceptors (Lipinski definition) is 4. The van der Waals surface area contributed by atoms with Gasteiger partial charge in [0.25, 0.3) is 0 Å². The summed E-state index contributed by atoms with van der Waals surface area (Å²) in [6, 6.07) is 11.5. The van der Waals surface area contributed by atoms with E-state index in [4.69, 9.17) is 14.7 Å². The van der Waals surface area contributed by atoms with Crippen LogP contribution in [0.5, 0.6) is 11.5 Å². The molecule has 4 heteroatoms. The zero-order valence-corrected chi connectivity index (χ0v) is 15.3. The molecule has 0 unspecified atom stereocenters. The second-order valence-corrected chi connectivity index (χ2v) is 6.46. The summed E-state index contributed by atoms with van der Waals surface area (Å²) in [6.45, 7) is 4.05. The Kier molecular flexibility index (Phi) is 5.09. The first-order valence-corrected chi connectivity index (χ1v) is 8.56. The Morgan fingerprint density at radius 1 is 1.15 bits per heavy atom. The monoisotopic (exact) mass is 347 g/mol. The molecule has 0 aromatic heterocycles. The molecule has 0 spiro atoms. The van der Waals surface area contributed by atoms with Crippen LogP contribution in [-0.4, -0.2) is 19.5 Å².